The normalized spacial score (nSPS) is 11.7. The molecule has 33 heavy (non-hydrogen) atoms. The Morgan fingerprint density at radius 3 is 2.33 bits per heavy atom. The fourth-order valence-corrected chi connectivity index (χ4v) is 4.71. The highest BCUT2D eigenvalue weighted by atomic mass is 35.5. The number of benzene rings is 2. The van der Waals surface area contributed by atoms with Crippen molar-refractivity contribution in [3.05, 3.63) is 75.9 Å². The van der Waals surface area contributed by atoms with Crippen LogP contribution in [0.2, 0.25) is 5.02 Å². The molecule has 0 fully saturated rings. The minimum Gasteiger partial charge on any atom is -0.472 e. The Bertz CT molecular complexity index is 1240. The molecular weight excluding hydrogens is 468 g/mol. The molecule has 0 saturated heterocycles. The van der Waals surface area contributed by atoms with Gasteiger partial charge in [-0.1, -0.05) is 41.9 Å². The third-order valence-electron chi connectivity index (χ3n) is 5.00. The maximum Gasteiger partial charge on any atom is 0.223 e. The summed E-state index contributed by atoms with van der Waals surface area (Å²) in [4.78, 5) is 13.4. The number of carbonyl (C=O) groups excluding carboxylic acids is 1. The van der Waals surface area contributed by atoms with Crippen LogP contribution in [0.1, 0.15) is 40.3 Å². The van der Waals surface area contributed by atoms with Crippen molar-refractivity contribution < 1.29 is 27.4 Å². The molecule has 2 aromatic carbocycles. The Labute approximate surface area is 198 Å². The molecule has 0 atom stereocenters. The number of ether oxygens (including phenoxy) is 3. The topological polar surface area (TPSA) is 96.7 Å². The molecule has 0 N–H and O–H groups in total. The highest BCUT2D eigenvalue weighted by molar-refractivity contribution is 7.90. The lowest BCUT2D eigenvalue weighted by atomic mass is 10.0. The Morgan fingerprint density at radius 2 is 1.76 bits per heavy atom. The molecule has 0 aliphatic rings. The van der Waals surface area contributed by atoms with Crippen molar-refractivity contribution in [2.45, 2.75) is 31.3 Å². The van der Waals surface area contributed by atoms with E-state index in [-0.39, 0.29) is 33.2 Å². The standard InChI is InChI=1S/C23H25ClN2O6S/c1-5-26-22(32-14-15-9-7-6-8-10-15)17(13-25-26)21(27)16-11-12-18(33(4,28)29)19(20(16)24)23(30-2)31-3/h6-13,23H,5,14H2,1-4H3. The molecule has 0 aliphatic carbocycles. The molecule has 0 bridgehead atoms. The van der Waals surface area contributed by atoms with E-state index in [0.29, 0.717) is 12.4 Å². The van der Waals surface area contributed by atoms with E-state index in [1.165, 1.54) is 32.5 Å². The number of halogens is 1. The van der Waals surface area contributed by atoms with E-state index in [9.17, 15) is 13.2 Å². The van der Waals surface area contributed by atoms with Gasteiger partial charge in [-0.3, -0.25) is 4.79 Å². The molecule has 1 heterocycles. The zero-order chi connectivity index (χ0) is 24.2. The van der Waals surface area contributed by atoms with Crippen LogP contribution in [0.15, 0.2) is 53.6 Å². The van der Waals surface area contributed by atoms with Gasteiger partial charge in [-0.25, -0.2) is 13.1 Å². The monoisotopic (exact) mass is 492 g/mol. The van der Waals surface area contributed by atoms with Crippen LogP contribution in [0.5, 0.6) is 5.88 Å². The Balaban J connectivity index is 2.07. The van der Waals surface area contributed by atoms with Crippen LogP contribution in [0.4, 0.5) is 0 Å². The van der Waals surface area contributed by atoms with Crippen LogP contribution < -0.4 is 4.74 Å². The van der Waals surface area contributed by atoms with Crippen molar-refractivity contribution in [1.82, 2.24) is 9.78 Å². The maximum atomic E-state index is 13.5. The number of hydrogen-bond acceptors (Lipinski definition) is 7. The van der Waals surface area contributed by atoms with E-state index in [2.05, 4.69) is 5.10 Å². The third-order valence-corrected chi connectivity index (χ3v) is 6.56. The quantitative estimate of drug-likeness (QED) is 0.311. The summed E-state index contributed by atoms with van der Waals surface area (Å²) in [7, 11) is -0.966. The first kappa shape index (κ1) is 24.9. The van der Waals surface area contributed by atoms with Gasteiger partial charge in [-0.15, -0.1) is 0 Å². The highest BCUT2D eigenvalue weighted by Crippen LogP contribution is 2.36. The first-order chi connectivity index (χ1) is 15.7. The molecular formula is C23H25ClN2O6S. The highest BCUT2D eigenvalue weighted by Gasteiger charge is 2.29. The SMILES string of the molecule is CCn1ncc(C(=O)c2ccc(S(C)(=O)=O)c(C(OC)OC)c2Cl)c1OCc1ccccc1. The molecule has 0 aliphatic heterocycles. The molecule has 3 aromatic rings. The lowest BCUT2D eigenvalue weighted by molar-refractivity contribution is -0.107. The summed E-state index contributed by atoms with van der Waals surface area (Å²) in [6, 6.07) is 12.2. The van der Waals surface area contributed by atoms with Crippen molar-refractivity contribution >= 4 is 27.2 Å². The van der Waals surface area contributed by atoms with Crippen LogP contribution >= 0.6 is 11.6 Å². The van der Waals surface area contributed by atoms with Crippen molar-refractivity contribution in [3.63, 3.8) is 0 Å². The third kappa shape index (κ3) is 5.27. The number of ketones is 1. The molecule has 0 radical (unpaired) electrons. The number of sulfone groups is 1. The van der Waals surface area contributed by atoms with E-state index in [0.717, 1.165) is 11.8 Å². The number of aryl methyl sites for hydroxylation is 1. The van der Waals surface area contributed by atoms with Gasteiger partial charge in [0.25, 0.3) is 0 Å². The number of methoxy groups -OCH3 is 2. The summed E-state index contributed by atoms with van der Waals surface area (Å²) < 4.78 is 42.7. The van der Waals surface area contributed by atoms with E-state index in [4.69, 9.17) is 25.8 Å². The second kappa shape index (κ2) is 10.5. The average Bonchev–Trinajstić information content (AvgIpc) is 3.21. The van der Waals surface area contributed by atoms with Gasteiger partial charge in [0.2, 0.25) is 11.7 Å². The second-order valence-electron chi connectivity index (χ2n) is 7.20. The number of nitrogens with zero attached hydrogens (tertiary/aromatic N) is 2. The molecule has 10 heteroatoms. The Hall–Kier alpha value is -2.72. The Kier molecular flexibility index (Phi) is 7.91. The molecule has 0 unspecified atom stereocenters. The van der Waals surface area contributed by atoms with Crippen molar-refractivity contribution in [2.75, 3.05) is 20.5 Å². The minimum absolute atomic E-state index is 0.0599. The molecule has 8 nitrogen and oxygen atoms in total. The van der Waals surface area contributed by atoms with Gasteiger partial charge in [0, 0.05) is 38.1 Å². The van der Waals surface area contributed by atoms with E-state index in [1.807, 2.05) is 37.3 Å². The van der Waals surface area contributed by atoms with Crippen molar-refractivity contribution in [3.8, 4) is 5.88 Å². The maximum absolute atomic E-state index is 13.5. The minimum atomic E-state index is -3.67. The van der Waals surface area contributed by atoms with Crippen LogP contribution in [-0.2, 0) is 32.5 Å². The predicted octanol–water partition coefficient (Wildman–Crippen LogP) is 4.06. The summed E-state index contributed by atoms with van der Waals surface area (Å²) in [5.74, 6) is -0.166. The largest absolute Gasteiger partial charge is 0.472 e. The van der Waals surface area contributed by atoms with Crippen molar-refractivity contribution in [1.29, 1.82) is 0 Å². The van der Waals surface area contributed by atoms with Gasteiger partial charge in [0.1, 0.15) is 12.2 Å². The van der Waals surface area contributed by atoms with E-state index in [1.54, 1.807) is 4.68 Å². The lowest BCUT2D eigenvalue weighted by Gasteiger charge is -2.20. The predicted molar refractivity (Wildman–Crippen MR) is 123 cm³/mol. The van der Waals surface area contributed by atoms with Crippen LogP contribution in [0.3, 0.4) is 0 Å². The van der Waals surface area contributed by atoms with Crippen LogP contribution in [0, 0.1) is 0 Å². The van der Waals surface area contributed by atoms with Gasteiger partial charge < -0.3 is 14.2 Å². The van der Waals surface area contributed by atoms with Gasteiger partial charge >= 0.3 is 0 Å². The molecule has 0 amide bonds. The number of aromatic nitrogens is 2. The van der Waals surface area contributed by atoms with E-state index >= 15 is 0 Å². The van der Waals surface area contributed by atoms with E-state index < -0.39 is 21.9 Å². The fraction of sp³-hybridized carbons (Fsp3) is 0.304. The number of hydrogen-bond donors (Lipinski definition) is 0. The Morgan fingerprint density at radius 1 is 1.09 bits per heavy atom. The average molecular weight is 493 g/mol. The lowest BCUT2D eigenvalue weighted by Crippen LogP contribution is -2.14. The summed E-state index contributed by atoms with van der Waals surface area (Å²) in [6.45, 7) is 2.61. The first-order valence-corrected chi connectivity index (χ1v) is 12.3. The molecule has 0 saturated carbocycles. The van der Waals surface area contributed by atoms with Crippen LogP contribution in [-0.4, -0.2) is 44.5 Å². The van der Waals surface area contributed by atoms with Crippen LogP contribution in [0.25, 0.3) is 0 Å². The van der Waals surface area contributed by atoms with Gasteiger partial charge in [0.05, 0.1) is 16.1 Å². The van der Waals surface area contributed by atoms with Crippen molar-refractivity contribution in [2.24, 2.45) is 0 Å². The molecule has 0 spiro atoms. The smallest absolute Gasteiger partial charge is 0.223 e. The zero-order valence-corrected chi connectivity index (χ0v) is 20.3. The van der Waals surface area contributed by atoms with Gasteiger partial charge in [-0.05, 0) is 24.6 Å². The summed E-state index contributed by atoms with van der Waals surface area (Å²) in [5, 5.41) is 4.18. The second-order valence-corrected chi connectivity index (χ2v) is 9.56. The van der Waals surface area contributed by atoms with Gasteiger partial charge in [0.15, 0.2) is 16.1 Å². The molecule has 176 valence electrons. The summed E-state index contributed by atoms with van der Waals surface area (Å²) in [6.07, 6.45) is 1.38. The zero-order valence-electron chi connectivity index (χ0n) is 18.7. The molecule has 1 aromatic heterocycles. The summed E-state index contributed by atoms with van der Waals surface area (Å²) in [5.41, 5.74) is 1.28. The van der Waals surface area contributed by atoms with Gasteiger partial charge in [-0.2, -0.15) is 5.10 Å². The number of carbonyl (C=O) groups is 1. The number of rotatable bonds is 10. The molecule has 3 rings (SSSR count). The first-order valence-electron chi connectivity index (χ1n) is 10.1. The fourth-order valence-electron chi connectivity index (χ4n) is 3.40. The summed E-state index contributed by atoms with van der Waals surface area (Å²) >= 11 is 6.57.